The van der Waals surface area contributed by atoms with Crippen molar-refractivity contribution in [2.75, 3.05) is 7.11 Å². The highest BCUT2D eigenvalue weighted by Gasteiger charge is 2.05. The van der Waals surface area contributed by atoms with E-state index in [9.17, 15) is 4.79 Å². The number of hydrogen-bond acceptors (Lipinski definition) is 2. The van der Waals surface area contributed by atoms with Crippen LogP contribution >= 0.6 is 0 Å². The molecular formula is C13H19NO2. The Morgan fingerprint density at radius 3 is 2.69 bits per heavy atom. The number of aryl methyl sites for hydroxylation is 1. The average Bonchev–Trinajstić information content (AvgIpc) is 2.27. The van der Waals surface area contributed by atoms with Gasteiger partial charge in [-0.2, -0.15) is 0 Å². The van der Waals surface area contributed by atoms with Crippen LogP contribution in [0.3, 0.4) is 0 Å². The van der Waals surface area contributed by atoms with E-state index in [1.165, 1.54) is 18.2 Å². The van der Waals surface area contributed by atoms with E-state index in [0.29, 0.717) is 12.5 Å². The zero-order valence-corrected chi connectivity index (χ0v) is 10.3. The summed E-state index contributed by atoms with van der Waals surface area (Å²) in [6, 6.07) is 6.35. The maximum atomic E-state index is 11.0. The van der Waals surface area contributed by atoms with Gasteiger partial charge in [-0.1, -0.05) is 32.0 Å². The molecule has 0 spiro atoms. The molecule has 0 aliphatic rings. The first-order valence-corrected chi connectivity index (χ1v) is 5.46. The number of nitrogens with one attached hydrogen (secondary N) is 1. The lowest BCUT2D eigenvalue weighted by atomic mass is 9.98. The molecule has 0 bridgehead atoms. The molecule has 0 aliphatic carbocycles. The minimum atomic E-state index is -0.394. The topological polar surface area (TPSA) is 38.3 Å². The van der Waals surface area contributed by atoms with E-state index in [2.05, 4.69) is 42.1 Å². The van der Waals surface area contributed by atoms with Crippen LogP contribution in [0.2, 0.25) is 0 Å². The van der Waals surface area contributed by atoms with E-state index in [1.54, 1.807) is 0 Å². The van der Waals surface area contributed by atoms with Crippen molar-refractivity contribution in [3.63, 3.8) is 0 Å². The van der Waals surface area contributed by atoms with E-state index in [-0.39, 0.29) is 0 Å². The quantitative estimate of drug-likeness (QED) is 0.852. The second-order valence-electron chi connectivity index (χ2n) is 4.19. The number of amides is 1. The molecule has 0 atom stereocenters. The predicted molar refractivity (Wildman–Crippen MR) is 64.5 cm³/mol. The zero-order valence-electron chi connectivity index (χ0n) is 10.3. The van der Waals surface area contributed by atoms with Crippen LogP contribution in [0.1, 0.15) is 36.5 Å². The second kappa shape index (κ2) is 5.54. The number of carbonyl (C=O) groups is 1. The summed E-state index contributed by atoms with van der Waals surface area (Å²) in [5, 5.41) is 2.69. The van der Waals surface area contributed by atoms with Crippen LogP contribution in [0, 0.1) is 6.92 Å². The van der Waals surface area contributed by atoms with Crippen LogP contribution < -0.4 is 5.32 Å². The number of carbonyl (C=O) groups excluding carboxylic acids is 1. The molecule has 0 saturated heterocycles. The fourth-order valence-corrected chi connectivity index (χ4v) is 1.48. The molecule has 1 N–H and O–H groups in total. The van der Waals surface area contributed by atoms with Crippen molar-refractivity contribution in [1.29, 1.82) is 0 Å². The van der Waals surface area contributed by atoms with Gasteiger partial charge in [0.1, 0.15) is 0 Å². The standard InChI is InChI=1S/C13H19NO2/c1-9(2)11-6-5-10(3)12(7-11)8-14-13(15)16-4/h5-7,9H,8H2,1-4H3,(H,14,15). The highest BCUT2D eigenvalue weighted by molar-refractivity contribution is 5.66. The molecule has 1 aromatic rings. The van der Waals surface area contributed by atoms with Crippen LogP contribution in [-0.4, -0.2) is 13.2 Å². The Kier molecular flexibility index (Phi) is 4.35. The van der Waals surface area contributed by atoms with Gasteiger partial charge in [0.15, 0.2) is 0 Å². The molecule has 0 fully saturated rings. The number of hydrogen-bond donors (Lipinski definition) is 1. The van der Waals surface area contributed by atoms with Crippen molar-refractivity contribution in [3.8, 4) is 0 Å². The van der Waals surface area contributed by atoms with Crippen molar-refractivity contribution >= 4 is 6.09 Å². The lowest BCUT2D eigenvalue weighted by Gasteiger charge is -2.11. The summed E-state index contributed by atoms with van der Waals surface area (Å²) in [4.78, 5) is 11.0. The third-order valence-corrected chi connectivity index (χ3v) is 2.65. The summed E-state index contributed by atoms with van der Waals surface area (Å²) in [5.74, 6) is 0.498. The normalized spacial score (nSPS) is 10.3. The van der Waals surface area contributed by atoms with Crippen molar-refractivity contribution in [1.82, 2.24) is 5.32 Å². The van der Waals surface area contributed by atoms with E-state index in [0.717, 1.165) is 5.56 Å². The van der Waals surface area contributed by atoms with Crippen LogP contribution in [0.25, 0.3) is 0 Å². The molecule has 1 amide bonds. The first-order chi connectivity index (χ1) is 7.54. The fraction of sp³-hybridized carbons (Fsp3) is 0.462. The molecule has 0 saturated carbocycles. The minimum Gasteiger partial charge on any atom is -0.453 e. The maximum absolute atomic E-state index is 11.0. The Morgan fingerprint density at radius 1 is 1.44 bits per heavy atom. The van der Waals surface area contributed by atoms with Crippen LogP contribution in [0.5, 0.6) is 0 Å². The van der Waals surface area contributed by atoms with Crippen LogP contribution in [0.15, 0.2) is 18.2 Å². The third kappa shape index (κ3) is 3.26. The lowest BCUT2D eigenvalue weighted by Crippen LogP contribution is -2.22. The largest absolute Gasteiger partial charge is 0.453 e. The summed E-state index contributed by atoms with van der Waals surface area (Å²) in [6.07, 6.45) is -0.394. The molecule has 3 nitrogen and oxygen atoms in total. The van der Waals surface area contributed by atoms with Gasteiger partial charge < -0.3 is 10.1 Å². The molecule has 0 heterocycles. The third-order valence-electron chi connectivity index (χ3n) is 2.65. The maximum Gasteiger partial charge on any atom is 0.407 e. The number of rotatable bonds is 3. The molecule has 0 aromatic heterocycles. The SMILES string of the molecule is COC(=O)NCc1cc(C(C)C)ccc1C. The monoisotopic (exact) mass is 221 g/mol. The number of methoxy groups -OCH3 is 1. The number of ether oxygens (including phenoxy) is 1. The first-order valence-electron chi connectivity index (χ1n) is 5.46. The van der Waals surface area contributed by atoms with Crippen LogP contribution in [0.4, 0.5) is 4.79 Å². The minimum absolute atomic E-state index is 0.394. The van der Waals surface area contributed by atoms with E-state index < -0.39 is 6.09 Å². The summed E-state index contributed by atoms with van der Waals surface area (Å²) in [5.41, 5.74) is 3.60. The summed E-state index contributed by atoms with van der Waals surface area (Å²) >= 11 is 0. The Labute approximate surface area is 96.8 Å². The summed E-state index contributed by atoms with van der Waals surface area (Å²) in [6.45, 7) is 6.86. The van der Waals surface area contributed by atoms with Crippen molar-refractivity contribution in [2.45, 2.75) is 33.2 Å². The van der Waals surface area contributed by atoms with Gasteiger partial charge in [-0.15, -0.1) is 0 Å². The molecule has 0 unspecified atom stereocenters. The van der Waals surface area contributed by atoms with Gasteiger partial charge in [0.05, 0.1) is 7.11 Å². The van der Waals surface area contributed by atoms with Gasteiger partial charge >= 0.3 is 6.09 Å². The molecular weight excluding hydrogens is 202 g/mol. The van der Waals surface area contributed by atoms with E-state index >= 15 is 0 Å². The average molecular weight is 221 g/mol. The van der Waals surface area contributed by atoms with Gasteiger partial charge in [0, 0.05) is 6.54 Å². The molecule has 88 valence electrons. The van der Waals surface area contributed by atoms with Gasteiger partial charge in [-0.05, 0) is 29.5 Å². The Balaban J connectivity index is 2.78. The lowest BCUT2D eigenvalue weighted by molar-refractivity contribution is 0.170. The van der Waals surface area contributed by atoms with E-state index in [4.69, 9.17) is 0 Å². The summed E-state index contributed by atoms with van der Waals surface area (Å²) < 4.78 is 4.54. The van der Waals surface area contributed by atoms with Gasteiger partial charge in [-0.3, -0.25) is 0 Å². The molecule has 1 aromatic carbocycles. The highest BCUT2D eigenvalue weighted by Crippen LogP contribution is 2.18. The number of benzene rings is 1. The fourth-order valence-electron chi connectivity index (χ4n) is 1.48. The van der Waals surface area contributed by atoms with Crippen molar-refractivity contribution in [2.24, 2.45) is 0 Å². The highest BCUT2D eigenvalue weighted by atomic mass is 16.5. The van der Waals surface area contributed by atoms with Gasteiger partial charge in [-0.25, -0.2) is 4.79 Å². The molecule has 0 aliphatic heterocycles. The molecule has 3 heteroatoms. The Bertz CT molecular complexity index is 372. The van der Waals surface area contributed by atoms with E-state index in [1.807, 2.05) is 6.92 Å². The smallest absolute Gasteiger partial charge is 0.407 e. The van der Waals surface area contributed by atoms with Gasteiger partial charge in [0.2, 0.25) is 0 Å². The predicted octanol–water partition coefficient (Wildman–Crippen LogP) is 2.97. The Morgan fingerprint density at radius 2 is 2.12 bits per heavy atom. The first kappa shape index (κ1) is 12.6. The molecule has 1 rings (SSSR count). The molecule has 0 radical (unpaired) electrons. The molecule has 16 heavy (non-hydrogen) atoms. The second-order valence-corrected chi connectivity index (χ2v) is 4.19. The van der Waals surface area contributed by atoms with Crippen molar-refractivity contribution in [3.05, 3.63) is 34.9 Å². The van der Waals surface area contributed by atoms with Gasteiger partial charge in [0.25, 0.3) is 0 Å². The van der Waals surface area contributed by atoms with Crippen molar-refractivity contribution < 1.29 is 9.53 Å². The number of alkyl carbamates (subject to hydrolysis) is 1. The van der Waals surface area contributed by atoms with Crippen LogP contribution in [-0.2, 0) is 11.3 Å². The Hall–Kier alpha value is -1.51. The summed E-state index contributed by atoms with van der Waals surface area (Å²) in [7, 11) is 1.37. The zero-order chi connectivity index (χ0) is 12.1.